The number of hydrogen-bond acceptors (Lipinski definition) is 5. The van der Waals surface area contributed by atoms with Gasteiger partial charge in [0.2, 0.25) is 11.8 Å². The summed E-state index contributed by atoms with van der Waals surface area (Å²) in [5, 5.41) is 3.05. The molecule has 2 aliphatic rings. The maximum atomic E-state index is 13.0. The fourth-order valence-corrected chi connectivity index (χ4v) is 3.95. The lowest BCUT2D eigenvalue weighted by Gasteiger charge is -2.26. The number of pyridine rings is 1. The number of nitrogens with zero attached hydrogens (tertiary/aromatic N) is 1. The van der Waals surface area contributed by atoms with Gasteiger partial charge in [-0.25, -0.2) is 4.98 Å². The minimum absolute atomic E-state index is 0.0502. The zero-order valence-electron chi connectivity index (χ0n) is 17.8. The first-order valence-electron chi connectivity index (χ1n) is 10.8. The van der Waals surface area contributed by atoms with E-state index in [1.807, 2.05) is 44.2 Å². The normalized spacial score (nSPS) is 16.7. The van der Waals surface area contributed by atoms with Crippen molar-refractivity contribution in [1.29, 1.82) is 0 Å². The van der Waals surface area contributed by atoms with Crippen molar-refractivity contribution in [1.82, 2.24) is 10.3 Å². The number of nitrogens with one attached hydrogen (secondary N) is 1. The van der Waals surface area contributed by atoms with E-state index in [-0.39, 0.29) is 12.0 Å². The van der Waals surface area contributed by atoms with Crippen LogP contribution in [0.15, 0.2) is 36.5 Å². The number of amides is 1. The van der Waals surface area contributed by atoms with Gasteiger partial charge in [0, 0.05) is 18.8 Å². The van der Waals surface area contributed by atoms with Crippen molar-refractivity contribution in [2.45, 2.75) is 64.0 Å². The van der Waals surface area contributed by atoms with Crippen molar-refractivity contribution < 1.29 is 19.0 Å². The van der Waals surface area contributed by atoms with Gasteiger partial charge in [0.15, 0.2) is 11.5 Å². The van der Waals surface area contributed by atoms with Crippen molar-refractivity contribution in [3.63, 3.8) is 0 Å². The smallest absolute Gasteiger partial charge is 0.230 e. The van der Waals surface area contributed by atoms with Crippen molar-refractivity contribution in [3.05, 3.63) is 47.7 Å². The summed E-state index contributed by atoms with van der Waals surface area (Å²) >= 11 is 0. The molecule has 0 unspecified atom stereocenters. The topological polar surface area (TPSA) is 69.7 Å². The molecule has 0 bridgehead atoms. The Balaban J connectivity index is 1.38. The van der Waals surface area contributed by atoms with Crippen LogP contribution in [0.4, 0.5) is 0 Å². The zero-order chi connectivity index (χ0) is 21.0. The largest absolute Gasteiger partial charge is 0.486 e. The Morgan fingerprint density at radius 2 is 1.87 bits per heavy atom. The summed E-state index contributed by atoms with van der Waals surface area (Å²) in [4.78, 5) is 17.3. The Kier molecular flexibility index (Phi) is 6.11. The van der Waals surface area contributed by atoms with E-state index in [1.54, 1.807) is 6.20 Å². The van der Waals surface area contributed by atoms with Gasteiger partial charge in [-0.3, -0.25) is 4.79 Å². The Labute approximate surface area is 177 Å². The molecule has 0 radical (unpaired) electrons. The van der Waals surface area contributed by atoms with Crippen LogP contribution in [-0.4, -0.2) is 30.2 Å². The van der Waals surface area contributed by atoms with Gasteiger partial charge in [-0.15, -0.1) is 0 Å². The lowest BCUT2D eigenvalue weighted by molar-refractivity contribution is -0.125. The van der Waals surface area contributed by atoms with Crippen LogP contribution in [0, 0.1) is 0 Å². The lowest BCUT2D eigenvalue weighted by Crippen LogP contribution is -2.39. The molecule has 160 valence electrons. The Morgan fingerprint density at radius 3 is 2.67 bits per heavy atom. The van der Waals surface area contributed by atoms with Crippen LogP contribution in [0.2, 0.25) is 0 Å². The number of carbonyl (C=O) groups excluding carboxylic acids is 1. The number of benzene rings is 1. The van der Waals surface area contributed by atoms with Gasteiger partial charge in [0.05, 0.1) is 5.41 Å². The lowest BCUT2D eigenvalue weighted by atomic mass is 9.83. The second-order valence-corrected chi connectivity index (χ2v) is 8.55. The third-order valence-corrected chi connectivity index (χ3v) is 5.92. The van der Waals surface area contributed by atoms with E-state index in [2.05, 4.69) is 10.3 Å². The molecule has 1 amide bonds. The SMILES string of the molecule is CC(C)(C(=O)NCc1ccnc(OC2CCCCC2)c1)c1ccc2c(c1)OCCO2. The summed E-state index contributed by atoms with van der Waals surface area (Å²) in [6.07, 6.45) is 7.90. The van der Waals surface area contributed by atoms with Crippen LogP contribution in [0.1, 0.15) is 57.1 Å². The summed E-state index contributed by atoms with van der Waals surface area (Å²) in [5.74, 6) is 2.01. The summed E-state index contributed by atoms with van der Waals surface area (Å²) in [6.45, 7) is 5.33. The van der Waals surface area contributed by atoms with E-state index in [9.17, 15) is 4.79 Å². The predicted molar refractivity (Wildman–Crippen MR) is 114 cm³/mol. The van der Waals surface area contributed by atoms with Gasteiger partial charge in [-0.05, 0) is 68.9 Å². The van der Waals surface area contributed by atoms with Crippen LogP contribution in [-0.2, 0) is 16.8 Å². The molecule has 1 aromatic heterocycles. The summed E-state index contributed by atoms with van der Waals surface area (Å²) in [5.41, 5.74) is 1.16. The fourth-order valence-electron chi connectivity index (χ4n) is 3.95. The van der Waals surface area contributed by atoms with Gasteiger partial charge in [-0.1, -0.05) is 12.5 Å². The molecule has 4 rings (SSSR count). The molecule has 2 aromatic rings. The molecule has 30 heavy (non-hydrogen) atoms. The highest BCUT2D eigenvalue weighted by atomic mass is 16.6. The molecule has 0 spiro atoms. The third kappa shape index (κ3) is 4.69. The molecule has 0 atom stereocenters. The van der Waals surface area contributed by atoms with Crippen LogP contribution in [0.3, 0.4) is 0 Å². The number of aromatic nitrogens is 1. The average molecular weight is 411 g/mol. The molecule has 1 fully saturated rings. The molecule has 1 aliphatic heterocycles. The van der Waals surface area contributed by atoms with Crippen molar-refractivity contribution in [3.8, 4) is 17.4 Å². The molecule has 2 heterocycles. The molecular formula is C24H30N2O4. The van der Waals surface area contributed by atoms with Gasteiger partial charge < -0.3 is 19.5 Å². The van der Waals surface area contributed by atoms with Crippen LogP contribution in [0.25, 0.3) is 0 Å². The molecular weight excluding hydrogens is 380 g/mol. The van der Waals surface area contributed by atoms with Crippen molar-refractivity contribution in [2.24, 2.45) is 0 Å². The molecule has 6 heteroatoms. The molecule has 1 aromatic carbocycles. The molecule has 1 N–H and O–H groups in total. The first kappa shape index (κ1) is 20.5. The highest BCUT2D eigenvalue weighted by molar-refractivity contribution is 5.87. The van der Waals surface area contributed by atoms with Gasteiger partial charge in [0.25, 0.3) is 0 Å². The van der Waals surface area contributed by atoms with Gasteiger partial charge in [-0.2, -0.15) is 0 Å². The fraction of sp³-hybridized carbons (Fsp3) is 0.500. The standard InChI is InChI=1S/C24H30N2O4/c1-24(2,18-8-9-20-21(15-18)29-13-12-28-20)23(27)26-16-17-10-11-25-22(14-17)30-19-6-4-3-5-7-19/h8-11,14-15,19H,3-7,12-13,16H2,1-2H3,(H,26,27). The van der Waals surface area contributed by atoms with Crippen LogP contribution in [0.5, 0.6) is 17.4 Å². The third-order valence-electron chi connectivity index (χ3n) is 5.92. The Morgan fingerprint density at radius 1 is 1.10 bits per heavy atom. The monoisotopic (exact) mass is 410 g/mol. The zero-order valence-corrected chi connectivity index (χ0v) is 17.8. The second kappa shape index (κ2) is 8.94. The summed E-state index contributed by atoms with van der Waals surface area (Å²) in [7, 11) is 0. The molecule has 1 aliphatic carbocycles. The van der Waals surface area contributed by atoms with E-state index >= 15 is 0 Å². The first-order chi connectivity index (χ1) is 14.5. The van der Waals surface area contributed by atoms with Crippen molar-refractivity contribution >= 4 is 5.91 Å². The number of carbonyl (C=O) groups is 1. The first-order valence-corrected chi connectivity index (χ1v) is 10.8. The summed E-state index contributed by atoms with van der Waals surface area (Å²) in [6, 6.07) is 9.53. The predicted octanol–water partition coefficient (Wildman–Crippen LogP) is 4.16. The number of hydrogen-bond donors (Lipinski definition) is 1. The highest BCUT2D eigenvalue weighted by Gasteiger charge is 2.31. The van der Waals surface area contributed by atoms with Gasteiger partial charge >= 0.3 is 0 Å². The van der Waals surface area contributed by atoms with Gasteiger partial charge in [0.1, 0.15) is 19.3 Å². The number of rotatable bonds is 6. The number of fused-ring (bicyclic) bond motifs is 1. The van der Waals surface area contributed by atoms with Crippen LogP contribution >= 0.6 is 0 Å². The van der Waals surface area contributed by atoms with Crippen LogP contribution < -0.4 is 19.5 Å². The van der Waals surface area contributed by atoms with E-state index in [1.165, 1.54) is 19.3 Å². The summed E-state index contributed by atoms with van der Waals surface area (Å²) < 4.78 is 17.3. The maximum Gasteiger partial charge on any atom is 0.230 e. The van der Waals surface area contributed by atoms with E-state index in [0.717, 1.165) is 29.7 Å². The van der Waals surface area contributed by atoms with E-state index < -0.39 is 5.41 Å². The minimum Gasteiger partial charge on any atom is -0.486 e. The van der Waals surface area contributed by atoms with E-state index in [4.69, 9.17) is 14.2 Å². The van der Waals surface area contributed by atoms with E-state index in [0.29, 0.717) is 31.4 Å². The maximum absolute atomic E-state index is 13.0. The Bertz CT molecular complexity index is 891. The molecule has 0 saturated heterocycles. The number of ether oxygens (including phenoxy) is 3. The molecule has 6 nitrogen and oxygen atoms in total. The minimum atomic E-state index is -0.704. The second-order valence-electron chi connectivity index (χ2n) is 8.55. The average Bonchev–Trinajstić information content (AvgIpc) is 2.78. The molecule has 1 saturated carbocycles. The highest BCUT2D eigenvalue weighted by Crippen LogP contribution is 2.35. The quantitative estimate of drug-likeness (QED) is 0.774. The van der Waals surface area contributed by atoms with Crippen molar-refractivity contribution in [2.75, 3.05) is 13.2 Å². The Hall–Kier alpha value is -2.76.